The summed E-state index contributed by atoms with van der Waals surface area (Å²) >= 11 is 0. The number of cyclic esters (lactones) is 1. The molecule has 1 heterocycles. The van der Waals surface area contributed by atoms with Gasteiger partial charge in [-0.1, -0.05) is 0 Å². The molecular weight excluding hydrogens is 256 g/mol. The summed E-state index contributed by atoms with van der Waals surface area (Å²) in [4.78, 5) is 31.4. The van der Waals surface area contributed by atoms with Crippen LogP contribution in [0.3, 0.4) is 0 Å². The van der Waals surface area contributed by atoms with Crippen molar-refractivity contribution in [1.29, 1.82) is 0 Å². The van der Waals surface area contributed by atoms with Crippen LogP contribution in [0.4, 0.5) is 11.4 Å². The third kappa shape index (κ3) is 2.67. The molecule has 1 fully saturated rings. The van der Waals surface area contributed by atoms with Crippen molar-refractivity contribution in [3.8, 4) is 0 Å². The second-order valence-electron chi connectivity index (χ2n) is 4.13. The van der Waals surface area contributed by atoms with Crippen LogP contribution in [0.15, 0.2) is 18.2 Å². The first-order valence-corrected chi connectivity index (χ1v) is 5.61. The van der Waals surface area contributed by atoms with Crippen LogP contribution in [0, 0.1) is 20.2 Å². The lowest BCUT2D eigenvalue weighted by Crippen LogP contribution is -2.18. The normalized spacial score (nSPS) is 18.7. The Hall–Kier alpha value is -2.51. The van der Waals surface area contributed by atoms with Crippen LogP contribution < -0.4 is 0 Å². The molecule has 1 atom stereocenters. The maximum Gasteiger partial charge on any atom is 0.306 e. The van der Waals surface area contributed by atoms with Crippen LogP contribution in [-0.4, -0.2) is 15.8 Å². The van der Waals surface area contributed by atoms with Gasteiger partial charge >= 0.3 is 5.97 Å². The van der Waals surface area contributed by atoms with Crippen LogP contribution in [0.2, 0.25) is 0 Å². The zero-order valence-electron chi connectivity index (χ0n) is 9.77. The van der Waals surface area contributed by atoms with Crippen LogP contribution in [0.25, 0.3) is 0 Å². The van der Waals surface area contributed by atoms with E-state index in [0.717, 1.165) is 6.07 Å². The van der Waals surface area contributed by atoms with Crippen LogP contribution >= 0.6 is 0 Å². The van der Waals surface area contributed by atoms with Gasteiger partial charge in [0.2, 0.25) is 0 Å². The van der Waals surface area contributed by atoms with Gasteiger partial charge in [-0.25, -0.2) is 0 Å². The monoisotopic (exact) mass is 266 g/mol. The minimum Gasteiger partial charge on any atom is -0.457 e. The van der Waals surface area contributed by atoms with E-state index in [2.05, 4.69) is 0 Å². The molecule has 0 saturated carbocycles. The SMILES string of the molecule is O=C1CCC[C@@H](c2ccc([N+](=O)[O-])cc2[N+](=O)[O-])O1. The third-order valence-corrected chi connectivity index (χ3v) is 2.89. The van der Waals surface area contributed by atoms with E-state index in [1.807, 2.05) is 0 Å². The fraction of sp³-hybridized carbons (Fsp3) is 0.364. The van der Waals surface area contributed by atoms with Gasteiger partial charge in [-0.3, -0.25) is 25.0 Å². The summed E-state index contributed by atoms with van der Waals surface area (Å²) < 4.78 is 5.05. The molecule has 1 aliphatic rings. The van der Waals surface area contributed by atoms with Crippen molar-refractivity contribution in [3.63, 3.8) is 0 Å². The molecule has 100 valence electrons. The highest BCUT2D eigenvalue weighted by molar-refractivity contribution is 5.70. The van der Waals surface area contributed by atoms with Crippen LogP contribution in [0.1, 0.15) is 30.9 Å². The number of esters is 1. The van der Waals surface area contributed by atoms with Gasteiger partial charge < -0.3 is 4.74 Å². The summed E-state index contributed by atoms with van der Waals surface area (Å²) in [6.45, 7) is 0. The van der Waals surface area contributed by atoms with E-state index < -0.39 is 27.6 Å². The largest absolute Gasteiger partial charge is 0.457 e. The van der Waals surface area contributed by atoms with Crippen LogP contribution in [-0.2, 0) is 9.53 Å². The molecule has 0 unspecified atom stereocenters. The molecular formula is C11H10N2O6. The topological polar surface area (TPSA) is 113 Å². The number of carbonyl (C=O) groups is 1. The average molecular weight is 266 g/mol. The predicted octanol–water partition coefficient (Wildman–Crippen LogP) is 2.27. The Balaban J connectivity index is 2.41. The Morgan fingerprint density at radius 1 is 1.21 bits per heavy atom. The summed E-state index contributed by atoms with van der Waals surface area (Å²) in [6, 6.07) is 3.34. The second kappa shape index (κ2) is 5.01. The first kappa shape index (κ1) is 12.9. The highest BCUT2D eigenvalue weighted by Crippen LogP contribution is 2.36. The highest BCUT2D eigenvalue weighted by atomic mass is 16.6. The van der Waals surface area contributed by atoms with Gasteiger partial charge in [0, 0.05) is 12.5 Å². The van der Waals surface area contributed by atoms with E-state index in [-0.39, 0.29) is 17.7 Å². The number of nitro groups is 2. The van der Waals surface area contributed by atoms with Crippen LogP contribution in [0.5, 0.6) is 0 Å². The number of benzene rings is 1. The lowest BCUT2D eigenvalue weighted by Gasteiger charge is -2.22. The van der Waals surface area contributed by atoms with Crippen molar-refractivity contribution in [1.82, 2.24) is 0 Å². The fourth-order valence-corrected chi connectivity index (χ4v) is 2.00. The number of hydrogen-bond acceptors (Lipinski definition) is 6. The first-order chi connectivity index (χ1) is 8.99. The minimum absolute atomic E-state index is 0.198. The molecule has 8 nitrogen and oxygen atoms in total. The van der Waals surface area contributed by atoms with Gasteiger partial charge in [-0.05, 0) is 18.9 Å². The highest BCUT2D eigenvalue weighted by Gasteiger charge is 2.30. The molecule has 19 heavy (non-hydrogen) atoms. The molecule has 0 bridgehead atoms. The molecule has 0 N–H and O–H groups in total. The number of non-ortho nitro benzene ring substituents is 1. The molecule has 8 heteroatoms. The Morgan fingerprint density at radius 3 is 2.53 bits per heavy atom. The Labute approximate surface area is 107 Å². The standard InChI is InChI=1S/C11H10N2O6/c14-11-3-1-2-10(19-11)8-5-4-7(12(15)16)6-9(8)13(17)18/h4-6,10H,1-3H2/t10-/m0/s1. The van der Waals surface area contributed by atoms with Gasteiger partial charge in [-0.15, -0.1) is 0 Å². The molecule has 1 aromatic carbocycles. The Bertz CT molecular complexity index is 556. The number of ether oxygens (including phenoxy) is 1. The number of rotatable bonds is 3. The fourth-order valence-electron chi connectivity index (χ4n) is 2.00. The van der Waals surface area contributed by atoms with E-state index in [0.29, 0.717) is 12.8 Å². The summed E-state index contributed by atoms with van der Waals surface area (Å²) in [5.74, 6) is -0.413. The Morgan fingerprint density at radius 2 is 1.95 bits per heavy atom. The molecule has 0 amide bonds. The second-order valence-corrected chi connectivity index (χ2v) is 4.13. The van der Waals surface area contributed by atoms with E-state index >= 15 is 0 Å². The quantitative estimate of drug-likeness (QED) is 0.471. The summed E-state index contributed by atoms with van der Waals surface area (Å²) in [5.41, 5.74) is -0.560. The van der Waals surface area contributed by atoms with Crippen molar-refractivity contribution >= 4 is 17.3 Å². The number of nitrogens with zero attached hydrogens (tertiary/aromatic N) is 2. The zero-order valence-corrected chi connectivity index (χ0v) is 9.77. The Kier molecular flexibility index (Phi) is 3.41. The van der Waals surface area contributed by atoms with Gasteiger partial charge in [0.1, 0.15) is 6.10 Å². The molecule has 0 radical (unpaired) electrons. The van der Waals surface area contributed by atoms with E-state index in [1.54, 1.807) is 0 Å². The maximum atomic E-state index is 11.2. The van der Waals surface area contributed by atoms with Crippen molar-refractivity contribution in [2.75, 3.05) is 0 Å². The van der Waals surface area contributed by atoms with E-state index in [4.69, 9.17) is 4.74 Å². The summed E-state index contributed by atoms with van der Waals surface area (Å²) in [5, 5.41) is 21.6. The van der Waals surface area contributed by atoms with Gasteiger partial charge in [0.25, 0.3) is 11.4 Å². The number of nitro benzene ring substituents is 2. The zero-order chi connectivity index (χ0) is 14.0. The first-order valence-electron chi connectivity index (χ1n) is 5.61. The van der Waals surface area contributed by atoms with Crippen molar-refractivity contribution in [3.05, 3.63) is 44.0 Å². The average Bonchev–Trinajstić information content (AvgIpc) is 2.37. The smallest absolute Gasteiger partial charge is 0.306 e. The molecule has 1 aromatic rings. The van der Waals surface area contributed by atoms with Gasteiger partial charge in [-0.2, -0.15) is 0 Å². The van der Waals surface area contributed by atoms with E-state index in [9.17, 15) is 25.0 Å². The molecule has 1 saturated heterocycles. The molecule has 1 aliphatic heterocycles. The van der Waals surface area contributed by atoms with E-state index in [1.165, 1.54) is 12.1 Å². The van der Waals surface area contributed by atoms with Crippen molar-refractivity contribution < 1.29 is 19.4 Å². The maximum absolute atomic E-state index is 11.2. The van der Waals surface area contributed by atoms with Crippen molar-refractivity contribution in [2.24, 2.45) is 0 Å². The molecule has 0 aromatic heterocycles. The van der Waals surface area contributed by atoms with Crippen molar-refractivity contribution in [2.45, 2.75) is 25.4 Å². The predicted molar refractivity (Wildman–Crippen MR) is 62.4 cm³/mol. The minimum atomic E-state index is -0.706. The molecule has 0 aliphatic carbocycles. The summed E-state index contributed by atoms with van der Waals surface area (Å²) in [7, 11) is 0. The lowest BCUT2D eigenvalue weighted by atomic mass is 9.99. The van der Waals surface area contributed by atoms with Gasteiger partial charge in [0.05, 0.1) is 21.5 Å². The summed E-state index contributed by atoms with van der Waals surface area (Å²) in [6.07, 6.45) is 0.640. The molecule has 2 rings (SSSR count). The number of hydrogen-bond donors (Lipinski definition) is 0. The molecule has 0 spiro atoms. The van der Waals surface area contributed by atoms with Gasteiger partial charge in [0.15, 0.2) is 0 Å². The number of carbonyl (C=O) groups excluding carboxylic acids is 1. The lowest BCUT2D eigenvalue weighted by molar-refractivity contribution is -0.394. The third-order valence-electron chi connectivity index (χ3n) is 2.89.